The van der Waals surface area contributed by atoms with Gasteiger partial charge in [0.05, 0.1) is 13.2 Å². The van der Waals surface area contributed by atoms with Crippen LogP contribution in [0.2, 0.25) is 0 Å². The summed E-state index contributed by atoms with van der Waals surface area (Å²) in [6, 6.07) is 13.2. The highest BCUT2D eigenvalue weighted by Gasteiger charge is 2.42. The second-order valence-corrected chi connectivity index (χ2v) is 5.82. The summed E-state index contributed by atoms with van der Waals surface area (Å²) in [6.45, 7) is 5.95. The van der Waals surface area contributed by atoms with E-state index >= 15 is 0 Å². The van der Waals surface area contributed by atoms with Crippen LogP contribution >= 0.6 is 0 Å². The minimum atomic E-state index is -0.0432. The van der Waals surface area contributed by atoms with Gasteiger partial charge in [0.2, 0.25) is 0 Å². The fraction of sp³-hybridized carbons (Fsp3) is 0.375. The third-order valence-electron chi connectivity index (χ3n) is 4.22. The van der Waals surface area contributed by atoms with Gasteiger partial charge in [0.25, 0.3) is 0 Å². The smallest absolute Gasteiger partial charge is 0.114 e. The van der Waals surface area contributed by atoms with Crippen LogP contribution < -0.4 is 0 Å². The van der Waals surface area contributed by atoms with E-state index in [2.05, 4.69) is 50.2 Å². The van der Waals surface area contributed by atoms with Crippen molar-refractivity contribution in [2.24, 2.45) is 0 Å². The van der Waals surface area contributed by atoms with Gasteiger partial charge in [0, 0.05) is 0 Å². The number of rotatable bonds is 2. The van der Waals surface area contributed by atoms with E-state index in [1.807, 2.05) is 0 Å². The van der Waals surface area contributed by atoms with Crippen molar-refractivity contribution < 1.29 is 9.47 Å². The molecular weight excluding hydrogens is 224 g/mol. The normalized spacial score (nSPS) is 33.7. The molecule has 0 bridgehead atoms. The van der Waals surface area contributed by atoms with E-state index < -0.39 is 0 Å². The van der Waals surface area contributed by atoms with Gasteiger partial charge in [-0.15, -0.1) is 0 Å². The molecule has 2 fully saturated rings. The molecule has 0 amide bonds. The maximum absolute atomic E-state index is 5.50. The molecule has 2 atom stereocenters. The van der Waals surface area contributed by atoms with E-state index in [-0.39, 0.29) is 11.2 Å². The molecule has 0 radical (unpaired) electrons. The van der Waals surface area contributed by atoms with Crippen LogP contribution in [0.25, 0.3) is 10.8 Å². The minimum absolute atomic E-state index is 0.0432. The van der Waals surface area contributed by atoms with Gasteiger partial charge in [-0.25, -0.2) is 0 Å². The Labute approximate surface area is 107 Å². The number of hydrogen-bond acceptors (Lipinski definition) is 2. The standard InChI is InChI=1S/C16H16O2/c1-15(9-17-15)13-5-3-12-8-14(16(2)10-18-16)6-4-11(12)7-13/h3-8H,9-10H2,1-2H3. The Bertz CT molecular complexity index is 579. The van der Waals surface area contributed by atoms with Crippen LogP contribution in [0.1, 0.15) is 25.0 Å². The lowest BCUT2D eigenvalue weighted by atomic mass is 9.95. The summed E-state index contributed by atoms with van der Waals surface area (Å²) in [5.74, 6) is 0. The molecule has 0 aromatic heterocycles. The number of fused-ring (bicyclic) bond motifs is 1. The van der Waals surface area contributed by atoms with E-state index in [0.29, 0.717) is 0 Å². The summed E-state index contributed by atoms with van der Waals surface area (Å²) in [6.07, 6.45) is 0. The highest BCUT2D eigenvalue weighted by Crippen LogP contribution is 2.41. The van der Waals surface area contributed by atoms with Gasteiger partial charge in [-0.3, -0.25) is 0 Å². The van der Waals surface area contributed by atoms with Crippen LogP contribution in [0.4, 0.5) is 0 Å². The van der Waals surface area contributed by atoms with Crippen molar-refractivity contribution in [3.8, 4) is 0 Å². The second kappa shape index (κ2) is 3.14. The Morgan fingerprint density at radius 2 is 1.17 bits per heavy atom. The van der Waals surface area contributed by atoms with Gasteiger partial charge in [0.1, 0.15) is 11.2 Å². The summed E-state index contributed by atoms with van der Waals surface area (Å²) < 4.78 is 11.0. The Kier molecular flexibility index (Phi) is 1.84. The van der Waals surface area contributed by atoms with Crippen molar-refractivity contribution in [2.45, 2.75) is 25.0 Å². The highest BCUT2D eigenvalue weighted by atomic mass is 16.6. The predicted octanol–water partition coefficient (Wildman–Crippen LogP) is 3.33. The molecule has 2 nitrogen and oxygen atoms in total. The Hall–Kier alpha value is -1.38. The van der Waals surface area contributed by atoms with E-state index in [0.717, 1.165) is 13.2 Å². The Morgan fingerprint density at radius 3 is 1.50 bits per heavy atom. The van der Waals surface area contributed by atoms with Crippen LogP contribution in [0, 0.1) is 0 Å². The van der Waals surface area contributed by atoms with Crippen molar-refractivity contribution >= 4 is 10.8 Å². The molecule has 2 aliphatic rings. The molecule has 4 rings (SSSR count). The number of benzene rings is 2. The van der Waals surface area contributed by atoms with Crippen LogP contribution in [-0.4, -0.2) is 13.2 Å². The van der Waals surface area contributed by atoms with E-state index in [1.54, 1.807) is 0 Å². The lowest BCUT2D eigenvalue weighted by molar-refractivity contribution is 0.329. The third-order valence-corrected chi connectivity index (χ3v) is 4.22. The molecule has 0 aliphatic carbocycles. The Balaban J connectivity index is 1.82. The molecular formula is C16H16O2. The first-order chi connectivity index (χ1) is 8.59. The van der Waals surface area contributed by atoms with Crippen molar-refractivity contribution in [3.05, 3.63) is 47.5 Å². The molecule has 2 aromatic rings. The molecule has 2 saturated heterocycles. The summed E-state index contributed by atoms with van der Waals surface area (Å²) in [5, 5.41) is 2.55. The van der Waals surface area contributed by atoms with Crippen LogP contribution in [0.5, 0.6) is 0 Å². The molecule has 92 valence electrons. The Morgan fingerprint density at radius 1 is 0.778 bits per heavy atom. The van der Waals surface area contributed by atoms with E-state index in [1.165, 1.54) is 21.9 Å². The fourth-order valence-electron chi connectivity index (χ4n) is 2.45. The lowest BCUT2D eigenvalue weighted by Gasteiger charge is -2.10. The SMILES string of the molecule is CC1(c2ccc3cc(C4(C)CO4)ccc3c2)CO1. The maximum Gasteiger partial charge on any atom is 0.114 e. The molecule has 0 N–H and O–H groups in total. The minimum Gasteiger partial charge on any atom is -0.365 e. The van der Waals surface area contributed by atoms with Gasteiger partial charge in [-0.1, -0.05) is 24.3 Å². The molecule has 2 aromatic carbocycles. The zero-order valence-corrected chi connectivity index (χ0v) is 10.7. The average molecular weight is 240 g/mol. The highest BCUT2D eigenvalue weighted by molar-refractivity contribution is 5.84. The molecule has 18 heavy (non-hydrogen) atoms. The van der Waals surface area contributed by atoms with Crippen LogP contribution in [-0.2, 0) is 20.7 Å². The van der Waals surface area contributed by atoms with Crippen molar-refractivity contribution in [2.75, 3.05) is 13.2 Å². The molecule has 2 heteroatoms. The van der Waals surface area contributed by atoms with Gasteiger partial charge in [-0.2, -0.15) is 0 Å². The van der Waals surface area contributed by atoms with Gasteiger partial charge in [-0.05, 0) is 47.9 Å². The predicted molar refractivity (Wildman–Crippen MR) is 70.6 cm³/mol. The van der Waals surface area contributed by atoms with E-state index in [4.69, 9.17) is 9.47 Å². The molecule has 2 unspecified atom stereocenters. The summed E-state index contributed by atoms with van der Waals surface area (Å²) >= 11 is 0. The first kappa shape index (κ1) is 10.5. The summed E-state index contributed by atoms with van der Waals surface area (Å²) in [5.41, 5.74) is 2.46. The van der Waals surface area contributed by atoms with Crippen LogP contribution in [0.3, 0.4) is 0 Å². The zero-order chi connectivity index (χ0) is 12.4. The number of ether oxygens (including phenoxy) is 2. The molecule has 2 aliphatic heterocycles. The molecule has 0 saturated carbocycles. The first-order valence-corrected chi connectivity index (χ1v) is 6.42. The second-order valence-electron chi connectivity index (χ2n) is 5.82. The molecule has 2 heterocycles. The zero-order valence-electron chi connectivity index (χ0n) is 10.7. The quantitative estimate of drug-likeness (QED) is 0.752. The van der Waals surface area contributed by atoms with Gasteiger partial charge >= 0.3 is 0 Å². The summed E-state index contributed by atoms with van der Waals surface area (Å²) in [4.78, 5) is 0. The van der Waals surface area contributed by atoms with Crippen molar-refractivity contribution in [1.82, 2.24) is 0 Å². The average Bonchev–Trinajstić information content (AvgIpc) is 3.29. The first-order valence-electron chi connectivity index (χ1n) is 6.42. The number of hydrogen-bond donors (Lipinski definition) is 0. The lowest BCUT2D eigenvalue weighted by Crippen LogP contribution is -2.03. The maximum atomic E-state index is 5.50. The molecule has 0 spiro atoms. The van der Waals surface area contributed by atoms with E-state index in [9.17, 15) is 0 Å². The van der Waals surface area contributed by atoms with Crippen molar-refractivity contribution in [1.29, 1.82) is 0 Å². The van der Waals surface area contributed by atoms with Crippen LogP contribution in [0.15, 0.2) is 36.4 Å². The largest absolute Gasteiger partial charge is 0.365 e. The van der Waals surface area contributed by atoms with Crippen molar-refractivity contribution in [3.63, 3.8) is 0 Å². The number of epoxide rings is 2. The topological polar surface area (TPSA) is 25.1 Å². The fourth-order valence-corrected chi connectivity index (χ4v) is 2.45. The third kappa shape index (κ3) is 1.49. The summed E-state index contributed by atoms with van der Waals surface area (Å²) in [7, 11) is 0. The monoisotopic (exact) mass is 240 g/mol. The van der Waals surface area contributed by atoms with Gasteiger partial charge in [0.15, 0.2) is 0 Å². The van der Waals surface area contributed by atoms with Gasteiger partial charge < -0.3 is 9.47 Å².